The third kappa shape index (κ3) is 1.74. The molecule has 0 saturated carbocycles. The predicted octanol–water partition coefficient (Wildman–Crippen LogP) is 1.56. The molecule has 0 aliphatic rings. The van der Waals surface area contributed by atoms with Gasteiger partial charge in [0.1, 0.15) is 5.82 Å². The zero-order valence-electron chi connectivity index (χ0n) is 7.06. The van der Waals surface area contributed by atoms with Crippen LogP contribution in [0, 0.1) is 0 Å². The Kier molecular flexibility index (Phi) is 2.19. The summed E-state index contributed by atoms with van der Waals surface area (Å²) >= 11 is 0. The van der Waals surface area contributed by atoms with Gasteiger partial charge in [-0.2, -0.15) is 8.42 Å². The van der Waals surface area contributed by atoms with Crippen molar-refractivity contribution < 1.29 is 8.42 Å². The van der Waals surface area contributed by atoms with Crippen molar-refractivity contribution in [2.75, 3.05) is 5.43 Å². The maximum Gasteiger partial charge on any atom is 0.332 e. The number of aromatic nitrogens is 1. The van der Waals surface area contributed by atoms with Gasteiger partial charge in [-0.1, -0.05) is 22.7 Å². The predicted molar refractivity (Wildman–Crippen MR) is 53.3 cm³/mol. The number of fused-ring (bicyclic) bond motifs is 1. The Hall–Kier alpha value is -1.82. The fourth-order valence-corrected chi connectivity index (χ4v) is 1.39. The third-order valence-corrected chi connectivity index (χ3v) is 2.01. The number of nitrogens with one attached hydrogen (secondary N) is 2. The van der Waals surface area contributed by atoms with Gasteiger partial charge in [0.15, 0.2) is 0 Å². The van der Waals surface area contributed by atoms with Crippen LogP contribution >= 0.6 is 0 Å². The number of aromatic amines is 1. The largest absolute Gasteiger partial charge is 0.340 e. The Balaban J connectivity index is 2.40. The molecule has 5 nitrogen and oxygen atoms in total. The average molecular weight is 209 g/mol. The summed E-state index contributed by atoms with van der Waals surface area (Å²) in [6, 6.07) is 9.40. The van der Waals surface area contributed by atoms with Crippen molar-refractivity contribution in [3.8, 4) is 0 Å². The first-order valence-corrected chi connectivity index (χ1v) is 4.93. The van der Waals surface area contributed by atoms with E-state index in [9.17, 15) is 8.42 Å². The lowest BCUT2D eigenvalue weighted by Gasteiger charge is -1.88. The highest BCUT2D eigenvalue weighted by atomic mass is 32.2. The number of para-hydroxylation sites is 1. The number of rotatable bonds is 2. The first-order chi connectivity index (χ1) is 6.75. The van der Waals surface area contributed by atoms with Crippen molar-refractivity contribution >= 4 is 27.2 Å². The van der Waals surface area contributed by atoms with Crippen molar-refractivity contribution in [2.45, 2.75) is 0 Å². The summed E-state index contributed by atoms with van der Waals surface area (Å²) in [5.41, 5.74) is 3.32. The molecule has 6 heteroatoms. The molecule has 0 radical (unpaired) electrons. The molecular formula is C8H7N3O2S. The second-order valence-electron chi connectivity index (χ2n) is 2.69. The van der Waals surface area contributed by atoms with Crippen LogP contribution in [0.3, 0.4) is 0 Å². The number of hydrogen-bond acceptors (Lipinski definition) is 3. The van der Waals surface area contributed by atoms with E-state index in [1.165, 1.54) is 0 Å². The first-order valence-electron chi connectivity index (χ1n) is 3.89. The number of benzene rings is 1. The lowest BCUT2D eigenvalue weighted by atomic mass is 10.2. The molecule has 1 heterocycles. The highest BCUT2D eigenvalue weighted by Crippen LogP contribution is 2.17. The van der Waals surface area contributed by atoms with Crippen molar-refractivity contribution in [3.63, 3.8) is 0 Å². The van der Waals surface area contributed by atoms with E-state index in [1.807, 2.05) is 24.3 Å². The van der Waals surface area contributed by atoms with E-state index in [0.717, 1.165) is 10.9 Å². The number of anilines is 1. The van der Waals surface area contributed by atoms with Gasteiger partial charge in [0.25, 0.3) is 0 Å². The summed E-state index contributed by atoms with van der Waals surface area (Å²) < 4.78 is 23.4. The van der Waals surface area contributed by atoms with E-state index in [4.69, 9.17) is 0 Å². The molecule has 0 spiro atoms. The van der Waals surface area contributed by atoms with Gasteiger partial charge in [-0.15, -0.1) is 0 Å². The second kappa shape index (κ2) is 3.51. The molecule has 0 fully saturated rings. The molecule has 1 aromatic heterocycles. The third-order valence-electron chi connectivity index (χ3n) is 1.77. The number of H-pyrrole nitrogens is 1. The van der Waals surface area contributed by atoms with E-state index in [2.05, 4.69) is 14.9 Å². The fraction of sp³-hybridized carbons (Fsp3) is 0. The van der Waals surface area contributed by atoms with Gasteiger partial charge in [0.05, 0.1) is 0 Å². The van der Waals surface area contributed by atoms with Crippen LogP contribution in [0.5, 0.6) is 0 Å². The van der Waals surface area contributed by atoms with Gasteiger partial charge in [-0.3, -0.25) is 0 Å². The summed E-state index contributed by atoms with van der Waals surface area (Å²) in [7, 11) is -2.44. The zero-order chi connectivity index (χ0) is 9.97. The molecule has 0 amide bonds. The van der Waals surface area contributed by atoms with E-state index in [0.29, 0.717) is 5.82 Å². The average Bonchev–Trinajstić information content (AvgIpc) is 2.57. The van der Waals surface area contributed by atoms with E-state index in [-0.39, 0.29) is 0 Å². The van der Waals surface area contributed by atoms with Crippen molar-refractivity contribution in [2.24, 2.45) is 4.47 Å². The van der Waals surface area contributed by atoms with Crippen LogP contribution in [0.15, 0.2) is 34.8 Å². The van der Waals surface area contributed by atoms with Gasteiger partial charge in [0.2, 0.25) is 0 Å². The maximum absolute atomic E-state index is 10.1. The van der Waals surface area contributed by atoms with Crippen LogP contribution in [-0.4, -0.2) is 13.4 Å². The Morgan fingerprint density at radius 3 is 2.79 bits per heavy atom. The molecule has 14 heavy (non-hydrogen) atoms. The summed E-state index contributed by atoms with van der Waals surface area (Å²) in [5.74, 6) is 0.551. The van der Waals surface area contributed by atoms with Gasteiger partial charge in [-0.25, -0.2) is 5.43 Å². The maximum atomic E-state index is 10.1. The van der Waals surface area contributed by atoms with Crippen LogP contribution in [0.25, 0.3) is 10.9 Å². The molecule has 0 aliphatic heterocycles. The van der Waals surface area contributed by atoms with Crippen LogP contribution in [0.1, 0.15) is 0 Å². The molecule has 2 N–H and O–H groups in total. The monoisotopic (exact) mass is 209 g/mol. The molecular weight excluding hydrogens is 202 g/mol. The van der Waals surface area contributed by atoms with E-state index >= 15 is 0 Å². The van der Waals surface area contributed by atoms with Crippen LogP contribution in [0.4, 0.5) is 5.82 Å². The summed E-state index contributed by atoms with van der Waals surface area (Å²) in [6.07, 6.45) is 0. The Bertz CT molecular complexity index is 544. The van der Waals surface area contributed by atoms with Crippen molar-refractivity contribution in [1.82, 2.24) is 4.98 Å². The Labute approximate surface area is 81.4 Å². The molecule has 0 bridgehead atoms. The SMILES string of the molecule is O=S(=O)=NNc1cc2ccccc2[nH]1. The molecule has 0 saturated heterocycles. The summed E-state index contributed by atoms with van der Waals surface area (Å²) in [6.45, 7) is 0. The molecule has 2 aromatic rings. The molecule has 1 aromatic carbocycles. The smallest absolute Gasteiger partial charge is 0.332 e. The minimum atomic E-state index is -2.44. The standard InChI is InChI=1S/C8H7N3O2S/c12-14(13)11-10-8-5-6-3-1-2-4-7(6)9-8/h1-5,9-10H. The fourth-order valence-electron chi connectivity index (χ4n) is 1.22. The molecule has 0 aliphatic carbocycles. The zero-order valence-corrected chi connectivity index (χ0v) is 7.88. The minimum Gasteiger partial charge on any atom is -0.340 e. The van der Waals surface area contributed by atoms with Gasteiger partial charge in [-0.05, 0) is 12.1 Å². The summed E-state index contributed by atoms with van der Waals surface area (Å²) in [4.78, 5) is 2.97. The van der Waals surface area contributed by atoms with Crippen LogP contribution < -0.4 is 5.43 Å². The van der Waals surface area contributed by atoms with E-state index < -0.39 is 10.5 Å². The van der Waals surface area contributed by atoms with Gasteiger partial charge >= 0.3 is 10.5 Å². The van der Waals surface area contributed by atoms with E-state index in [1.54, 1.807) is 6.07 Å². The Morgan fingerprint density at radius 2 is 2.07 bits per heavy atom. The van der Waals surface area contributed by atoms with Crippen LogP contribution in [-0.2, 0) is 10.5 Å². The second-order valence-corrected chi connectivity index (χ2v) is 3.31. The van der Waals surface area contributed by atoms with Gasteiger partial charge in [0, 0.05) is 10.9 Å². The molecule has 2 rings (SSSR count). The first kappa shape index (κ1) is 8.76. The quantitative estimate of drug-likeness (QED) is 0.737. The minimum absolute atomic E-state index is 0.551. The highest BCUT2D eigenvalue weighted by Gasteiger charge is 1.97. The number of hydrogen-bond donors (Lipinski definition) is 2. The van der Waals surface area contributed by atoms with Crippen LogP contribution in [0.2, 0.25) is 0 Å². The lowest BCUT2D eigenvalue weighted by Crippen LogP contribution is -1.85. The molecule has 0 unspecified atom stereocenters. The number of nitrogens with zero attached hydrogens (tertiary/aromatic N) is 1. The molecule has 0 atom stereocenters. The van der Waals surface area contributed by atoms with Crippen molar-refractivity contribution in [1.29, 1.82) is 0 Å². The van der Waals surface area contributed by atoms with Gasteiger partial charge < -0.3 is 4.98 Å². The topological polar surface area (TPSA) is 74.3 Å². The molecule has 72 valence electrons. The van der Waals surface area contributed by atoms with Crippen molar-refractivity contribution in [3.05, 3.63) is 30.3 Å². The highest BCUT2D eigenvalue weighted by molar-refractivity contribution is 7.61. The summed E-state index contributed by atoms with van der Waals surface area (Å²) in [5, 5.41) is 1.00. The normalized spacial score (nSPS) is 10.0. The lowest BCUT2D eigenvalue weighted by molar-refractivity contribution is 0.621. The Morgan fingerprint density at radius 1 is 1.29 bits per heavy atom.